The van der Waals surface area contributed by atoms with Crippen LogP contribution in [0.25, 0.3) is 0 Å². The van der Waals surface area contributed by atoms with E-state index in [-0.39, 0.29) is 23.8 Å². The minimum atomic E-state index is -0.549. The Morgan fingerprint density at radius 3 is 2.79 bits per heavy atom. The Morgan fingerprint density at radius 2 is 2.16 bits per heavy atom. The van der Waals surface area contributed by atoms with E-state index in [1.54, 1.807) is 0 Å². The van der Waals surface area contributed by atoms with Gasteiger partial charge in [0.2, 0.25) is 5.91 Å². The normalized spacial score (nSPS) is 23.2. The molecule has 0 bridgehead atoms. The first-order valence-electron chi connectivity index (χ1n) is 6.81. The molecule has 1 aromatic rings. The standard InChI is InChI=1S/C15H22N2O2/c1-9(2)12(8-16)15(19)17-14-11-6-4-3-5-10(11)7-13(14)18/h3-6,9,12-14,18H,7-8,16H2,1-2H3,(H,17,19)/t12?,13-,14+/m1/s1. The molecule has 1 amide bonds. The molecule has 0 radical (unpaired) electrons. The van der Waals surface area contributed by atoms with Gasteiger partial charge in [0.25, 0.3) is 0 Å². The van der Waals surface area contributed by atoms with Gasteiger partial charge in [-0.15, -0.1) is 0 Å². The molecule has 0 aromatic heterocycles. The number of aliphatic hydroxyl groups is 1. The average molecular weight is 262 g/mol. The summed E-state index contributed by atoms with van der Waals surface area (Å²) in [5.74, 6) is -0.0861. The molecule has 1 aromatic carbocycles. The van der Waals surface area contributed by atoms with E-state index in [9.17, 15) is 9.90 Å². The van der Waals surface area contributed by atoms with Crippen LogP contribution in [0.4, 0.5) is 0 Å². The fraction of sp³-hybridized carbons (Fsp3) is 0.533. The van der Waals surface area contributed by atoms with Crippen molar-refractivity contribution in [2.24, 2.45) is 17.6 Å². The molecule has 4 N–H and O–H groups in total. The summed E-state index contributed by atoms with van der Waals surface area (Å²) in [7, 11) is 0. The lowest BCUT2D eigenvalue weighted by molar-refractivity contribution is -0.127. The highest BCUT2D eigenvalue weighted by Gasteiger charge is 2.33. The lowest BCUT2D eigenvalue weighted by Crippen LogP contribution is -2.42. The van der Waals surface area contributed by atoms with Crippen LogP contribution in [0.1, 0.15) is 31.0 Å². The van der Waals surface area contributed by atoms with Crippen molar-refractivity contribution < 1.29 is 9.90 Å². The fourth-order valence-electron chi connectivity index (χ4n) is 2.69. The predicted molar refractivity (Wildman–Crippen MR) is 74.4 cm³/mol. The van der Waals surface area contributed by atoms with Gasteiger partial charge in [0, 0.05) is 13.0 Å². The quantitative estimate of drug-likeness (QED) is 0.757. The molecule has 0 saturated heterocycles. The van der Waals surface area contributed by atoms with E-state index in [1.807, 2.05) is 38.1 Å². The maximum Gasteiger partial charge on any atom is 0.225 e. The van der Waals surface area contributed by atoms with Gasteiger partial charge in [-0.3, -0.25) is 4.79 Å². The van der Waals surface area contributed by atoms with Crippen molar-refractivity contribution in [2.75, 3.05) is 6.54 Å². The highest BCUT2D eigenvalue weighted by atomic mass is 16.3. The molecular formula is C15H22N2O2. The number of nitrogens with one attached hydrogen (secondary N) is 1. The number of aliphatic hydroxyl groups excluding tert-OH is 1. The zero-order valence-electron chi connectivity index (χ0n) is 11.5. The average Bonchev–Trinajstić information content (AvgIpc) is 2.66. The molecule has 0 fully saturated rings. The first kappa shape index (κ1) is 14.0. The Kier molecular flexibility index (Phi) is 4.22. The number of benzene rings is 1. The highest BCUT2D eigenvalue weighted by molar-refractivity contribution is 5.80. The molecule has 1 aliphatic rings. The van der Waals surface area contributed by atoms with Crippen LogP contribution in [0.3, 0.4) is 0 Å². The topological polar surface area (TPSA) is 75.4 Å². The van der Waals surface area contributed by atoms with Crippen molar-refractivity contribution >= 4 is 5.91 Å². The zero-order chi connectivity index (χ0) is 14.0. The summed E-state index contributed by atoms with van der Waals surface area (Å²) in [6.07, 6.45) is 0.0442. The third-order valence-electron chi connectivity index (χ3n) is 3.90. The van der Waals surface area contributed by atoms with Gasteiger partial charge in [0.05, 0.1) is 18.1 Å². The van der Waals surface area contributed by atoms with Gasteiger partial charge >= 0.3 is 0 Å². The summed E-state index contributed by atoms with van der Waals surface area (Å²) in [6, 6.07) is 7.53. The lowest BCUT2D eigenvalue weighted by atomic mass is 9.94. The van der Waals surface area contributed by atoms with E-state index < -0.39 is 6.10 Å². The lowest BCUT2D eigenvalue weighted by Gasteiger charge is -2.23. The van der Waals surface area contributed by atoms with Gasteiger partial charge in [-0.05, 0) is 17.0 Å². The van der Waals surface area contributed by atoms with Gasteiger partial charge in [-0.2, -0.15) is 0 Å². The first-order valence-corrected chi connectivity index (χ1v) is 6.81. The maximum atomic E-state index is 12.2. The molecule has 4 heteroatoms. The van der Waals surface area contributed by atoms with Crippen LogP contribution < -0.4 is 11.1 Å². The summed E-state index contributed by atoms with van der Waals surface area (Å²) in [5, 5.41) is 13.1. The second-order valence-corrected chi connectivity index (χ2v) is 5.54. The van der Waals surface area contributed by atoms with Gasteiger partial charge in [0.1, 0.15) is 0 Å². The third-order valence-corrected chi connectivity index (χ3v) is 3.90. The van der Waals surface area contributed by atoms with Crippen molar-refractivity contribution in [3.05, 3.63) is 35.4 Å². The summed E-state index contributed by atoms with van der Waals surface area (Å²) in [4.78, 5) is 12.2. The molecule has 2 rings (SSSR count). The van der Waals surface area contributed by atoms with E-state index in [2.05, 4.69) is 5.32 Å². The van der Waals surface area contributed by atoms with Gasteiger partial charge in [-0.25, -0.2) is 0 Å². The van der Waals surface area contributed by atoms with Crippen LogP contribution in [0, 0.1) is 11.8 Å². The maximum absolute atomic E-state index is 12.2. The Morgan fingerprint density at radius 1 is 1.47 bits per heavy atom. The number of hydrogen-bond donors (Lipinski definition) is 3. The summed E-state index contributed by atoms with van der Waals surface area (Å²) in [5.41, 5.74) is 7.78. The van der Waals surface area contributed by atoms with Crippen LogP contribution in [-0.2, 0) is 11.2 Å². The monoisotopic (exact) mass is 262 g/mol. The number of hydrogen-bond acceptors (Lipinski definition) is 3. The van der Waals surface area contributed by atoms with Crippen LogP contribution in [-0.4, -0.2) is 23.7 Å². The molecular weight excluding hydrogens is 240 g/mol. The highest BCUT2D eigenvalue weighted by Crippen LogP contribution is 2.31. The zero-order valence-corrected chi connectivity index (χ0v) is 11.5. The van der Waals surface area contributed by atoms with E-state index >= 15 is 0 Å². The number of carbonyl (C=O) groups excluding carboxylic acids is 1. The van der Waals surface area contributed by atoms with E-state index in [0.29, 0.717) is 13.0 Å². The van der Waals surface area contributed by atoms with Crippen molar-refractivity contribution in [3.8, 4) is 0 Å². The molecule has 0 spiro atoms. The SMILES string of the molecule is CC(C)C(CN)C(=O)N[C@H]1c2ccccc2C[C@H]1O. The Bertz CT molecular complexity index is 459. The molecule has 19 heavy (non-hydrogen) atoms. The van der Waals surface area contributed by atoms with Crippen LogP contribution >= 0.6 is 0 Å². The molecule has 104 valence electrons. The van der Waals surface area contributed by atoms with E-state index in [1.165, 1.54) is 0 Å². The van der Waals surface area contributed by atoms with E-state index in [0.717, 1.165) is 11.1 Å². The molecule has 0 heterocycles. The Labute approximate surface area is 114 Å². The second kappa shape index (κ2) is 5.72. The van der Waals surface area contributed by atoms with Crippen LogP contribution in [0.5, 0.6) is 0 Å². The second-order valence-electron chi connectivity index (χ2n) is 5.54. The summed E-state index contributed by atoms with van der Waals surface area (Å²) in [6.45, 7) is 4.29. The van der Waals surface area contributed by atoms with Crippen LogP contribution in [0.2, 0.25) is 0 Å². The number of rotatable bonds is 4. The third kappa shape index (κ3) is 2.80. The molecule has 1 unspecified atom stereocenters. The Balaban J connectivity index is 2.13. The summed E-state index contributed by atoms with van der Waals surface area (Å²) < 4.78 is 0. The predicted octanol–water partition coefficient (Wildman–Crippen LogP) is 0.992. The molecule has 3 atom stereocenters. The van der Waals surface area contributed by atoms with Crippen LogP contribution in [0.15, 0.2) is 24.3 Å². The molecule has 0 saturated carbocycles. The van der Waals surface area contributed by atoms with E-state index in [4.69, 9.17) is 5.73 Å². The number of fused-ring (bicyclic) bond motifs is 1. The number of carbonyl (C=O) groups is 1. The minimum absolute atomic E-state index is 0.0711. The smallest absolute Gasteiger partial charge is 0.225 e. The largest absolute Gasteiger partial charge is 0.390 e. The van der Waals surface area contributed by atoms with Crippen molar-refractivity contribution in [2.45, 2.75) is 32.4 Å². The van der Waals surface area contributed by atoms with Gasteiger partial charge in [-0.1, -0.05) is 38.1 Å². The number of nitrogens with two attached hydrogens (primary N) is 1. The van der Waals surface area contributed by atoms with Crippen molar-refractivity contribution in [3.63, 3.8) is 0 Å². The van der Waals surface area contributed by atoms with Gasteiger partial charge < -0.3 is 16.2 Å². The molecule has 0 aliphatic heterocycles. The molecule has 4 nitrogen and oxygen atoms in total. The minimum Gasteiger partial charge on any atom is -0.390 e. The van der Waals surface area contributed by atoms with Crippen molar-refractivity contribution in [1.29, 1.82) is 0 Å². The summed E-state index contributed by atoms with van der Waals surface area (Å²) >= 11 is 0. The Hall–Kier alpha value is -1.39. The fourth-order valence-corrected chi connectivity index (χ4v) is 2.69. The van der Waals surface area contributed by atoms with Crippen molar-refractivity contribution in [1.82, 2.24) is 5.32 Å². The van der Waals surface area contributed by atoms with Gasteiger partial charge in [0.15, 0.2) is 0 Å². The molecule has 1 aliphatic carbocycles. The number of amides is 1. The first-order chi connectivity index (χ1) is 9.04.